The monoisotopic (exact) mass is 573 g/mol. The zero-order valence-corrected chi connectivity index (χ0v) is 22.4. The summed E-state index contributed by atoms with van der Waals surface area (Å²) in [5.74, 6) is -0.828. The van der Waals surface area contributed by atoms with Crippen molar-refractivity contribution in [2.75, 3.05) is 12.4 Å². The van der Waals surface area contributed by atoms with E-state index >= 15 is 0 Å². The molecule has 0 saturated carbocycles. The standard InChI is InChI=1S/C26H21Cl2N3O6S/c1-3-14-10-17(28)13-21(25(14)38(34,35)36)30-31-23-18-7-5-4-6-15(18)11-19(24(23)32)26(33)29-20-12-16(27)8-9-22(20)37-2/h4-13,32H,3H2,1-2H3,(H,29,33)(H,34,35,36). The Labute approximate surface area is 228 Å². The van der Waals surface area contributed by atoms with Crippen LogP contribution in [0.15, 0.2) is 75.8 Å². The van der Waals surface area contributed by atoms with Gasteiger partial charge in [0.05, 0.1) is 18.4 Å². The fraction of sp³-hybridized carbons (Fsp3) is 0.115. The normalized spacial score (nSPS) is 11.7. The van der Waals surface area contributed by atoms with Crippen LogP contribution < -0.4 is 10.1 Å². The Morgan fingerprint density at radius 1 is 1.03 bits per heavy atom. The van der Waals surface area contributed by atoms with Crippen molar-refractivity contribution in [2.24, 2.45) is 10.2 Å². The van der Waals surface area contributed by atoms with E-state index in [1.165, 1.54) is 31.4 Å². The largest absolute Gasteiger partial charge is 0.505 e. The first-order valence-electron chi connectivity index (χ1n) is 11.1. The highest BCUT2D eigenvalue weighted by molar-refractivity contribution is 7.86. The minimum absolute atomic E-state index is 0.0920. The summed E-state index contributed by atoms with van der Waals surface area (Å²) < 4.78 is 39.3. The minimum Gasteiger partial charge on any atom is -0.505 e. The first-order chi connectivity index (χ1) is 18.0. The van der Waals surface area contributed by atoms with E-state index in [9.17, 15) is 22.9 Å². The molecule has 0 saturated heterocycles. The number of hydrogen-bond donors (Lipinski definition) is 3. The second-order valence-corrected chi connectivity index (χ2v) is 10.3. The molecule has 0 aliphatic heterocycles. The number of ether oxygens (including phenoxy) is 1. The molecule has 0 radical (unpaired) electrons. The molecule has 0 spiro atoms. The highest BCUT2D eigenvalue weighted by Crippen LogP contribution is 2.41. The molecule has 9 nitrogen and oxygen atoms in total. The molecule has 0 fully saturated rings. The number of carbonyl (C=O) groups is 1. The number of methoxy groups -OCH3 is 1. The summed E-state index contributed by atoms with van der Waals surface area (Å²) in [6.45, 7) is 1.69. The first kappa shape index (κ1) is 27.3. The fourth-order valence-corrected chi connectivity index (χ4v) is 5.24. The van der Waals surface area contributed by atoms with E-state index in [1.54, 1.807) is 43.3 Å². The van der Waals surface area contributed by atoms with Crippen LogP contribution in [0.1, 0.15) is 22.8 Å². The van der Waals surface area contributed by atoms with Crippen LogP contribution in [0.5, 0.6) is 11.5 Å². The zero-order valence-electron chi connectivity index (χ0n) is 20.1. The highest BCUT2D eigenvalue weighted by Gasteiger charge is 2.23. The summed E-state index contributed by atoms with van der Waals surface area (Å²) in [6, 6.07) is 15.6. The summed E-state index contributed by atoms with van der Waals surface area (Å²) in [5, 5.41) is 23.4. The summed E-state index contributed by atoms with van der Waals surface area (Å²) in [7, 11) is -3.24. The molecule has 3 N–H and O–H groups in total. The lowest BCUT2D eigenvalue weighted by Crippen LogP contribution is -2.13. The Morgan fingerprint density at radius 2 is 1.76 bits per heavy atom. The number of phenols is 1. The molecule has 4 rings (SSSR count). The van der Waals surface area contributed by atoms with Crippen molar-refractivity contribution in [1.82, 2.24) is 0 Å². The van der Waals surface area contributed by atoms with Gasteiger partial charge in [-0.1, -0.05) is 54.4 Å². The number of amides is 1. The van der Waals surface area contributed by atoms with Crippen molar-refractivity contribution in [3.63, 3.8) is 0 Å². The van der Waals surface area contributed by atoms with Gasteiger partial charge in [0.2, 0.25) is 0 Å². The molecular formula is C26H21Cl2N3O6S. The van der Waals surface area contributed by atoms with Gasteiger partial charge in [-0.3, -0.25) is 9.35 Å². The van der Waals surface area contributed by atoms with Crippen molar-refractivity contribution < 1.29 is 27.6 Å². The number of nitrogens with one attached hydrogen (secondary N) is 1. The molecule has 0 heterocycles. The molecule has 0 atom stereocenters. The molecule has 0 aliphatic rings. The van der Waals surface area contributed by atoms with E-state index in [1.807, 2.05) is 0 Å². The summed E-state index contributed by atoms with van der Waals surface area (Å²) >= 11 is 12.2. The van der Waals surface area contributed by atoms with Gasteiger partial charge in [-0.25, -0.2) is 0 Å². The van der Waals surface area contributed by atoms with Gasteiger partial charge in [0.1, 0.15) is 22.0 Å². The van der Waals surface area contributed by atoms with E-state index in [0.717, 1.165) is 0 Å². The van der Waals surface area contributed by atoms with E-state index < -0.39 is 26.7 Å². The van der Waals surface area contributed by atoms with Crippen LogP contribution in [-0.4, -0.2) is 31.1 Å². The third-order valence-electron chi connectivity index (χ3n) is 5.66. The third-order valence-corrected chi connectivity index (χ3v) is 7.10. The maximum atomic E-state index is 13.2. The third kappa shape index (κ3) is 5.58. The number of aromatic hydroxyl groups is 1. The van der Waals surface area contributed by atoms with Crippen LogP contribution in [0.2, 0.25) is 10.0 Å². The van der Waals surface area contributed by atoms with Crippen molar-refractivity contribution >= 4 is 67.1 Å². The summed E-state index contributed by atoms with van der Waals surface area (Å²) in [5.41, 5.74) is 0.0793. The second-order valence-electron chi connectivity index (χ2n) is 8.08. The molecule has 38 heavy (non-hydrogen) atoms. The number of carbonyl (C=O) groups excluding carboxylic acids is 1. The number of phenolic OH excluding ortho intramolecular Hbond substituents is 1. The van der Waals surface area contributed by atoms with Crippen LogP contribution in [0.4, 0.5) is 17.1 Å². The van der Waals surface area contributed by atoms with Gasteiger partial charge in [-0.2, -0.15) is 8.42 Å². The van der Waals surface area contributed by atoms with Crippen molar-refractivity contribution in [3.05, 3.63) is 81.8 Å². The molecule has 12 heteroatoms. The van der Waals surface area contributed by atoms with Gasteiger partial charge in [0.15, 0.2) is 5.75 Å². The molecule has 0 unspecified atom stereocenters. The van der Waals surface area contributed by atoms with E-state index in [4.69, 9.17) is 27.9 Å². The second kappa shape index (κ2) is 11.0. The number of anilines is 1. The Hall–Kier alpha value is -3.70. The van der Waals surface area contributed by atoms with Crippen LogP contribution in [0, 0.1) is 0 Å². The lowest BCUT2D eigenvalue weighted by Gasteiger charge is -2.13. The van der Waals surface area contributed by atoms with Gasteiger partial charge in [0, 0.05) is 15.4 Å². The van der Waals surface area contributed by atoms with Gasteiger partial charge in [0.25, 0.3) is 16.0 Å². The van der Waals surface area contributed by atoms with Gasteiger partial charge in [-0.15, -0.1) is 10.2 Å². The van der Waals surface area contributed by atoms with Crippen LogP contribution in [-0.2, 0) is 16.5 Å². The number of hydrogen-bond acceptors (Lipinski definition) is 7. The Morgan fingerprint density at radius 3 is 2.45 bits per heavy atom. The number of azo groups is 1. The smallest absolute Gasteiger partial charge is 0.297 e. The highest BCUT2D eigenvalue weighted by atomic mass is 35.5. The number of halogens is 2. The number of fused-ring (bicyclic) bond motifs is 1. The molecule has 4 aromatic carbocycles. The number of benzene rings is 4. The quantitative estimate of drug-likeness (QED) is 0.156. The lowest BCUT2D eigenvalue weighted by atomic mass is 10.0. The number of aryl methyl sites for hydroxylation is 1. The molecule has 0 bridgehead atoms. The minimum atomic E-state index is -4.68. The summed E-state index contributed by atoms with van der Waals surface area (Å²) in [6.07, 6.45) is 0.245. The SMILES string of the molecule is CCc1cc(Cl)cc(N=Nc2c(O)c(C(=O)Nc3cc(Cl)ccc3OC)cc3ccccc23)c1S(=O)(=O)O. The van der Waals surface area contributed by atoms with E-state index in [2.05, 4.69) is 15.5 Å². The van der Waals surface area contributed by atoms with E-state index in [-0.39, 0.29) is 39.6 Å². The van der Waals surface area contributed by atoms with Crippen LogP contribution >= 0.6 is 23.2 Å². The molecule has 1 amide bonds. The Kier molecular flexibility index (Phi) is 7.89. The van der Waals surface area contributed by atoms with E-state index in [0.29, 0.717) is 21.5 Å². The lowest BCUT2D eigenvalue weighted by molar-refractivity contribution is 0.102. The molecule has 0 aliphatic carbocycles. The van der Waals surface area contributed by atoms with Crippen LogP contribution in [0.3, 0.4) is 0 Å². The molecule has 4 aromatic rings. The van der Waals surface area contributed by atoms with Crippen LogP contribution in [0.25, 0.3) is 10.8 Å². The number of rotatable bonds is 7. The van der Waals surface area contributed by atoms with Crippen molar-refractivity contribution in [2.45, 2.75) is 18.2 Å². The molecular weight excluding hydrogens is 553 g/mol. The Bertz CT molecular complexity index is 1710. The summed E-state index contributed by atoms with van der Waals surface area (Å²) in [4.78, 5) is 12.8. The van der Waals surface area contributed by atoms with Gasteiger partial charge < -0.3 is 15.2 Å². The maximum Gasteiger partial charge on any atom is 0.297 e. The van der Waals surface area contributed by atoms with Crippen molar-refractivity contribution in [3.8, 4) is 11.5 Å². The topological polar surface area (TPSA) is 138 Å². The predicted octanol–water partition coefficient (Wildman–Crippen LogP) is 7.34. The Balaban J connectivity index is 1.86. The zero-order chi connectivity index (χ0) is 27.6. The molecule has 196 valence electrons. The fourth-order valence-electron chi connectivity index (χ4n) is 3.93. The maximum absolute atomic E-state index is 13.2. The first-order valence-corrected chi connectivity index (χ1v) is 13.3. The van der Waals surface area contributed by atoms with Gasteiger partial charge in [-0.05, 0) is 53.8 Å². The predicted molar refractivity (Wildman–Crippen MR) is 146 cm³/mol. The van der Waals surface area contributed by atoms with Gasteiger partial charge >= 0.3 is 0 Å². The average Bonchev–Trinajstić information content (AvgIpc) is 2.86. The molecule has 0 aromatic heterocycles. The average molecular weight is 574 g/mol. The van der Waals surface area contributed by atoms with Crippen molar-refractivity contribution in [1.29, 1.82) is 0 Å². The number of nitrogens with zero attached hydrogens (tertiary/aromatic N) is 2.